The monoisotopic (exact) mass is 335 g/mol. The zero-order chi connectivity index (χ0) is 17.8. The van der Waals surface area contributed by atoms with Crippen molar-refractivity contribution in [2.24, 2.45) is 0 Å². The molecule has 0 aliphatic carbocycles. The molecule has 0 aromatic heterocycles. The van der Waals surface area contributed by atoms with Gasteiger partial charge in [-0.3, -0.25) is 0 Å². The second kappa shape index (κ2) is 10.4. The second-order valence-corrected chi connectivity index (χ2v) is 5.95. The van der Waals surface area contributed by atoms with Gasteiger partial charge in [-0.1, -0.05) is 30.3 Å². The molecule has 1 rings (SSSR count). The number of amides is 1. The van der Waals surface area contributed by atoms with E-state index in [1.165, 1.54) is 6.08 Å². The molecule has 0 fully saturated rings. The van der Waals surface area contributed by atoms with Crippen molar-refractivity contribution in [3.63, 3.8) is 0 Å². The first kappa shape index (κ1) is 19.7. The molecule has 0 spiro atoms. The molecule has 0 aliphatic rings. The van der Waals surface area contributed by atoms with Gasteiger partial charge in [0.05, 0.1) is 13.2 Å². The van der Waals surface area contributed by atoms with E-state index in [-0.39, 0.29) is 13.2 Å². The van der Waals surface area contributed by atoms with Crippen LogP contribution >= 0.6 is 0 Å². The van der Waals surface area contributed by atoms with Crippen molar-refractivity contribution in [2.45, 2.75) is 26.4 Å². The molecule has 0 unspecified atom stereocenters. The molecule has 0 radical (unpaired) electrons. The Morgan fingerprint density at radius 3 is 2.46 bits per heavy atom. The van der Waals surface area contributed by atoms with Crippen LogP contribution < -0.4 is 5.32 Å². The smallest absolute Gasteiger partial charge is 0.407 e. The summed E-state index contributed by atoms with van der Waals surface area (Å²) in [5, 5.41) is 2.57. The van der Waals surface area contributed by atoms with Crippen molar-refractivity contribution in [3.8, 4) is 0 Å². The molecule has 24 heavy (non-hydrogen) atoms. The molecule has 6 heteroatoms. The third kappa shape index (κ3) is 10.4. The summed E-state index contributed by atoms with van der Waals surface area (Å²) in [7, 11) is 0. The highest BCUT2D eigenvalue weighted by Gasteiger charge is 2.15. The summed E-state index contributed by atoms with van der Waals surface area (Å²) < 4.78 is 15.3. The van der Waals surface area contributed by atoms with Gasteiger partial charge in [-0.05, 0) is 32.4 Å². The Kier molecular flexibility index (Phi) is 8.57. The summed E-state index contributed by atoms with van der Waals surface area (Å²) in [6, 6.07) is 9.48. The molecule has 0 bridgehead atoms. The Hall–Kier alpha value is -2.34. The first-order valence-electron chi connectivity index (χ1n) is 7.81. The highest BCUT2D eigenvalue weighted by Crippen LogP contribution is 2.06. The maximum atomic E-state index is 11.5. The predicted octanol–water partition coefficient (Wildman–Crippen LogP) is 2.78. The van der Waals surface area contributed by atoms with Crippen LogP contribution in [-0.2, 0) is 19.0 Å². The molecule has 1 aromatic rings. The van der Waals surface area contributed by atoms with E-state index in [9.17, 15) is 9.59 Å². The molecular formula is C18H25NO5. The minimum Gasteiger partial charge on any atom is -0.460 e. The molecule has 0 atom stereocenters. The summed E-state index contributed by atoms with van der Waals surface area (Å²) >= 11 is 0. The van der Waals surface area contributed by atoms with E-state index in [0.717, 1.165) is 5.56 Å². The maximum Gasteiger partial charge on any atom is 0.407 e. The number of ether oxygens (including phenoxy) is 3. The molecule has 1 aromatic carbocycles. The number of rotatable bonds is 8. The van der Waals surface area contributed by atoms with Crippen LogP contribution in [0.5, 0.6) is 0 Å². The number of nitrogens with one attached hydrogen (secondary N) is 1. The number of carbonyl (C=O) groups excluding carboxylic acids is 2. The predicted molar refractivity (Wildman–Crippen MR) is 91.5 cm³/mol. The molecule has 1 N–H and O–H groups in total. The third-order valence-corrected chi connectivity index (χ3v) is 2.60. The lowest BCUT2D eigenvalue weighted by Crippen LogP contribution is -2.34. The topological polar surface area (TPSA) is 73.9 Å². The largest absolute Gasteiger partial charge is 0.460 e. The van der Waals surface area contributed by atoms with Gasteiger partial charge < -0.3 is 19.5 Å². The van der Waals surface area contributed by atoms with E-state index in [2.05, 4.69) is 5.32 Å². The fourth-order valence-corrected chi connectivity index (χ4v) is 1.62. The van der Waals surface area contributed by atoms with Gasteiger partial charge in [0.15, 0.2) is 0 Å². The van der Waals surface area contributed by atoms with Gasteiger partial charge in [-0.25, -0.2) is 9.59 Å². The number of carbonyl (C=O) groups is 2. The zero-order valence-electron chi connectivity index (χ0n) is 14.4. The molecule has 1 amide bonds. The second-order valence-electron chi connectivity index (χ2n) is 5.95. The Balaban J connectivity index is 2.03. The van der Waals surface area contributed by atoms with E-state index in [4.69, 9.17) is 14.2 Å². The van der Waals surface area contributed by atoms with E-state index in [0.29, 0.717) is 13.2 Å². The van der Waals surface area contributed by atoms with Crippen molar-refractivity contribution in [1.82, 2.24) is 5.32 Å². The van der Waals surface area contributed by atoms with E-state index in [1.807, 2.05) is 30.3 Å². The molecule has 0 aliphatic heterocycles. The van der Waals surface area contributed by atoms with Gasteiger partial charge in [-0.15, -0.1) is 0 Å². The van der Waals surface area contributed by atoms with E-state index < -0.39 is 17.7 Å². The van der Waals surface area contributed by atoms with Crippen LogP contribution in [0.2, 0.25) is 0 Å². The number of hydrogen-bond acceptors (Lipinski definition) is 5. The van der Waals surface area contributed by atoms with Gasteiger partial charge in [0.1, 0.15) is 12.2 Å². The first-order valence-corrected chi connectivity index (χ1v) is 7.81. The third-order valence-electron chi connectivity index (χ3n) is 2.60. The van der Waals surface area contributed by atoms with Crippen LogP contribution in [0.3, 0.4) is 0 Å². The van der Waals surface area contributed by atoms with Crippen molar-refractivity contribution in [2.75, 3.05) is 26.4 Å². The summed E-state index contributed by atoms with van der Waals surface area (Å²) in [5.41, 5.74) is 0.408. The number of hydrogen-bond donors (Lipinski definition) is 1. The van der Waals surface area contributed by atoms with Gasteiger partial charge in [0.2, 0.25) is 0 Å². The molecule has 0 saturated carbocycles. The average molecular weight is 335 g/mol. The Morgan fingerprint density at radius 1 is 1.08 bits per heavy atom. The van der Waals surface area contributed by atoms with E-state index in [1.54, 1.807) is 26.8 Å². The Labute approximate surface area is 142 Å². The normalized spacial score (nSPS) is 11.3. The summed E-state index contributed by atoms with van der Waals surface area (Å²) in [4.78, 5) is 22.8. The lowest BCUT2D eigenvalue weighted by molar-refractivity contribution is -0.139. The van der Waals surface area contributed by atoms with Crippen LogP contribution in [0.15, 0.2) is 36.4 Å². The van der Waals surface area contributed by atoms with Gasteiger partial charge in [0.25, 0.3) is 0 Å². The van der Waals surface area contributed by atoms with E-state index >= 15 is 0 Å². The lowest BCUT2D eigenvalue weighted by atomic mass is 10.2. The van der Waals surface area contributed by atoms with Crippen LogP contribution in [0.25, 0.3) is 6.08 Å². The molecule has 0 saturated heterocycles. The standard InChI is InChI=1S/C18H25NO5/c1-18(2,3)24-17(21)19-11-12-22-13-14-23-16(20)10-9-15-7-5-4-6-8-15/h4-10H,11-14H2,1-3H3,(H,19,21)/b10-9+. The summed E-state index contributed by atoms with van der Waals surface area (Å²) in [6.45, 7) is 6.45. The SMILES string of the molecule is CC(C)(C)OC(=O)NCCOCCOC(=O)/C=C/c1ccccc1. The number of esters is 1. The molecule has 0 heterocycles. The van der Waals surface area contributed by atoms with Gasteiger partial charge >= 0.3 is 12.1 Å². The van der Waals surface area contributed by atoms with Gasteiger partial charge in [0, 0.05) is 12.6 Å². The van der Waals surface area contributed by atoms with Crippen molar-refractivity contribution >= 4 is 18.1 Å². The molecule has 132 valence electrons. The lowest BCUT2D eigenvalue weighted by Gasteiger charge is -2.19. The van der Waals surface area contributed by atoms with Gasteiger partial charge in [-0.2, -0.15) is 0 Å². The van der Waals surface area contributed by atoms with Crippen molar-refractivity contribution in [3.05, 3.63) is 42.0 Å². The van der Waals surface area contributed by atoms with Crippen LogP contribution in [0.1, 0.15) is 26.3 Å². The Bertz CT molecular complexity index is 534. The molecular weight excluding hydrogens is 310 g/mol. The maximum absolute atomic E-state index is 11.5. The van der Waals surface area contributed by atoms with Crippen LogP contribution in [0.4, 0.5) is 4.79 Å². The number of benzene rings is 1. The van der Waals surface area contributed by atoms with Crippen LogP contribution in [0, 0.1) is 0 Å². The summed E-state index contributed by atoms with van der Waals surface area (Å²) in [5.74, 6) is -0.422. The zero-order valence-corrected chi connectivity index (χ0v) is 14.4. The first-order chi connectivity index (χ1) is 11.4. The summed E-state index contributed by atoms with van der Waals surface area (Å²) in [6.07, 6.45) is 2.58. The van der Waals surface area contributed by atoms with Crippen molar-refractivity contribution < 1.29 is 23.8 Å². The Morgan fingerprint density at radius 2 is 1.79 bits per heavy atom. The number of alkyl carbamates (subject to hydrolysis) is 1. The quantitative estimate of drug-likeness (QED) is 0.449. The fourth-order valence-electron chi connectivity index (χ4n) is 1.62. The molecule has 6 nitrogen and oxygen atoms in total. The average Bonchev–Trinajstić information content (AvgIpc) is 2.51. The minimum absolute atomic E-state index is 0.157. The highest BCUT2D eigenvalue weighted by atomic mass is 16.6. The van der Waals surface area contributed by atoms with Crippen LogP contribution in [-0.4, -0.2) is 44.0 Å². The highest BCUT2D eigenvalue weighted by molar-refractivity contribution is 5.87. The van der Waals surface area contributed by atoms with Crippen molar-refractivity contribution in [1.29, 1.82) is 0 Å². The fraction of sp³-hybridized carbons (Fsp3) is 0.444. The minimum atomic E-state index is -0.521.